The maximum Gasteiger partial charge on any atom is 0.126 e. The number of rotatable bonds is 2. The number of hydrogen-bond acceptors (Lipinski definition) is 1. The SMILES string of the molecule is CC(C)c1cc(C(C)(C)C)cc(-c2ccc(F)cc2)c1O. The second-order valence-electron chi connectivity index (χ2n) is 6.87. The van der Waals surface area contributed by atoms with Gasteiger partial charge in [-0.05, 0) is 46.2 Å². The molecule has 112 valence electrons. The molecule has 2 aromatic rings. The van der Waals surface area contributed by atoms with E-state index in [0.29, 0.717) is 5.75 Å². The molecule has 0 fully saturated rings. The van der Waals surface area contributed by atoms with Gasteiger partial charge in [-0.1, -0.05) is 52.8 Å². The van der Waals surface area contributed by atoms with Crippen molar-refractivity contribution in [1.29, 1.82) is 0 Å². The highest BCUT2D eigenvalue weighted by atomic mass is 19.1. The summed E-state index contributed by atoms with van der Waals surface area (Å²) >= 11 is 0. The monoisotopic (exact) mass is 286 g/mol. The minimum atomic E-state index is -0.269. The van der Waals surface area contributed by atoms with Crippen LogP contribution in [-0.4, -0.2) is 5.11 Å². The van der Waals surface area contributed by atoms with Gasteiger partial charge >= 0.3 is 0 Å². The molecule has 2 aromatic carbocycles. The van der Waals surface area contributed by atoms with Crippen molar-refractivity contribution >= 4 is 0 Å². The lowest BCUT2D eigenvalue weighted by Gasteiger charge is -2.23. The van der Waals surface area contributed by atoms with Crippen molar-refractivity contribution in [2.75, 3.05) is 0 Å². The Bertz CT molecular complexity index is 634. The molecule has 0 bridgehead atoms. The van der Waals surface area contributed by atoms with Crippen LogP contribution in [-0.2, 0) is 5.41 Å². The number of hydrogen-bond donors (Lipinski definition) is 1. The summed E-state index contributed by atoms with van der Waals surface area (Å²) in [6.45, 7) is 10.6. The lowest BCUT2D eigenvalue weighted by Crippen LogP contribution is -2.12. The van der Waals surface area contributed by atoms with Crippen LogP contribution in [0, 0.1) is 5.82 Å². The van der Waals surface area contributed by atoms with Crippen LogP contribution in [0.1, 0.15) is 51.7 Å². The summed E-state index contributed by atoms with van der Waals surface area (Å²) in [5, 5.41) is 10.6. The summed E-state index contributed by atoms with van der Waals surface area (Å²) in [4.78, 5) is 0. The first-order chi connectivity index (χ1) is 9.70. The number of phenolic OH excluding ortho intramolecular Hbond substituents is 1. The largest absolute Gasteiger partial charge is 0.507 e. The zero-order valence-electron chi connectivity index (χ0n) is 13.4. The summed E-state index contributed by atoms with van der Waals surface area (Å²) in [5.41, 5.74) is 3.70. The Hall–Kier alpha value is -1.83. The second-order valence-corrected chi connectivity index (χ2v) is 6.87. The van der Waals surface area contributed by atoms with E-state index in [4.69, 9.17) is 0 Å². The molecule has 0 aromatic heterocycles. The third-order valence-corrected chi connectivity index (χ3v) is 3.78. The molecule has 2 heteroatoms. The van der Waals surface area contributed by atoms with Crippen LogP contribution in [0.5, 0.6) is 5.75 Å². The summed E-state index contributed by atoms with van der Waals surface area (Å²) in [6, 6.07) is 10.4. The molecule has 0 amide bonds. The maximum absolute atomic E-state index is 13.1. The van der Waals surface area contributed by atoms with Gasteiger partial charge < -0.3 is 5.11 Å². The standard InChI is InChI=1S/C19H23FO/c1-12(2)16-10-14(19(3,4)5)11-17(18(16)21)13-6-8-15(20)9-7-13/h6-12,21H,1-5H3. The zero-order chi connectivity index (χ0) is 15.8. The predicted octanol–water partition coefficient (Wildman–Crippen LogP) is 5.62. The van der Waals surface area contributed by atoms with Crippen LogP contribution >= 0.6 is 0 Å². The normalized spacial score (nSPS) is 12.0. The molecule has 2 rings (SSSR count). The Morgan fingerprint density at radius 3 is 2.05 bits per heavy atom. The molecular formula is C19H23FO. The van der Waals surface area contributed by atoms with Gasteiger partial charge in [-0.3, -0.25) is 0 Å². The van der Waals surface area contributed by atoms with E-state index in [1.54, 1.807) is 12.1 Å². The van der Waals surface area contributed by atoms with Crippen LogP contribution < -0.4 is 0 Å². The van der Waals surface area contributed by atoms with E-state index >= 15 is 0 Å². The lowest BCUT2D eigenvalue weighted by molar-refractivity contribution is 0.465. The minimum Gasteiger partial charge on any atom is -0.507 e. The van der Waals surface area contributed by atoms with Gasteiger partial charge in [0, 0.05) is 5.56 Å². The average Bonchev–Trinajstić information content (AvgIpc) is 2.38. The van der Waals surface area contributed by atoms with Crippen molar-refractivity contribution in [3.05, 3.63) is 53.3 Å². The zero-order valence-corrected chi connectivity index (χ0v) is 13.4. The fourth-order valence-electron chi connectivity index (χ4n) is 2.38. The molecule has 0 spiro atoms. The molecule has 1 nitrogen and oxygen atoms in total. The third kappa shape index (κ3) is 3.26. The lowest BCUT2D eigenvalue weighted by atomic mass is 9.82. The van der Waals surface area contributed by atoms with Gasteiger partial charge in [-0.2, -0.15) is 0 Å². The van der Waals surface area contributed by atoms with Crippen LogP contribution in [0.25, 0.3) is 11.1 Å². The van der Waals surface area contributed by atoms with Gasteiger partial charge in [0.1, 0.15) is 11.6 Å². The second kappa shape index (κ2) is 5.51. The third-order valence-electron chi connectivity index (χ3n) is 3.78. The molecule has 0 saturated carbocycles. The number of benzene rings is 2. The molecule has 0 heterocycles. The van der Waals surface area contributed by atoms with E-state index < -0.39 is 0 Å². The van der Waals surface area contributed by atoms with Gasteiger partial charge in [0.05, 0.1) is 0 Å². The first-order valence-electron chi connectivity index (χ1n) is 7.33. The van der Waals surface area contributed by atoms with E-state index in [1.807, 2.05) is 6.07 Å². The van der Waals surface area contributed by atoms with E-state index in [-0.39, 0.29) is 17.2 Å². The van der Waals surface area contributed by atoms with Gasteiger partial charge in [0.15, 0.2) is 0 Å². The minimum absolute atomic E-state index is 0.00782. The van der Waals surface area contributed by atoms with Gasteiger partial charge in [0.2, 0.25) is 0 Å². The maximum atomic E-state index is 13.1. The molecule has 0 aliphatic heterocycles. The quantitative estimate of drug-likeness (QED) is 0.759. The average molecular weight is 286 g/mol. The summed E-state index contributed by atoms with van der Waals surface area (Å²) in [7, 11) is 0. The molecule has 0 aliphatic rings. The van der Waals surface area contributed by atoms with Crippen molar-refractivity contribution < 1.29 is 9.50 Å². The number of halogens is 1. The Morgan fingerprint density at radius 2 is 1.57 bits per heavy atom. The van der Waals surface area contributed by atoms with Crippen molar-refractivity contribution in [1.82, 2.24) is 0 Å². The predicted molar refractivity (Wildman–Crippen MR) is 86.3 cm³/mol. The Morgan fingerprint density at radius 1 is 1.00 bits per heavy atom. The number of phenols is 1. The van der Waals surface area contributed by atoms with Gasteiger partial charge in [0.25, 0.3) is 0 Å². The first-order valence-corrected chi connectivity index (χ1v) is 7.33. The highest BCUT2D eigenvalue weighted by molar-refractivity contribution is 5.73. The van der Waals surface area contributed by atoms with Crippen molar-refractivity contribution in [3.8, 4) is 16.9 Å². The van der Waals surface area contributed by atoms with E-state index in [2.05, 4.69) is 40.7 Å². The van der Waals surface area contributed by atoms with Crippen LogP contribution in [0.3, 0.4) is 0 Å². The van der Waals surface area contributed by atoms with E-state index in [9.17, 15) is 9.50 Å². The highest BCUT2D eigenvalue weighted by Gasteiger charge is 2.20. The Labute approximate surface area is 126 Å². The number of aromatic hydroxyl groups is 1. The van der Waals surface area contributed by atoms with Gasteiger partial charge in [-0.15, -0.1) is 0 Å². The molecule has 0 atom stereocenters. The summed E-state index contributed by atoms with van der Waals surface area (Å²) in [6.07, 6.45) is 0. The van der Waals surface area contributed by atoms with Crippen LogP contribution in [0.2, 0.25) is 0 Å². The van der Waals surface area contributed by atoms with Crippen molar-refractivity contribution in [2.24, 2.45) is 0 Å². The van der Waals surface area contributed by atoms with Crippen LogP contribution in [0.15, 0.2) is 36.4 Å². The molecule has 21 heavy (non-hydrogen) atoms. The molecule has 0 radical (unpaired) electrons. The summed E-state index contributed by atoms with van der Waals surface area (Å²) < 4.78 is 13.1. The topological polar surface area (TPSA) is 20.2 Å². The fourth-order valence-corrected chi connectivity index (χ4v) is 2.38. The smallest absolute Gasteiger partial charge is 0.126 e. The summed E-state index contributed by atoms with van der Waals surface area (Å²) in [5.74, 6) is 0.255. The van der Waals surface area contributed by atoms with E-state index in [1.165, 1.54) is 17.7 Å². The molecule has 0 unspecified atom stereocenters. The molecule has 1 N–H and O–H groups in total. The van der Waals surface area contributed by atoms with E-state index in [0.717, 1.165) is 16.7 Å². The van der Waals surface area contributed by atoms with Gasteiger partial charge in [-0.25, -0.2) is 4.39 Å². The molecular weight excluding hydrogens is 263 g/mol. The van der Waals surface area contributed by atoms with Crippen LogP contribution in [0.4, 0.5) is 4.39 Å². The highest BCUT2D eigenvalue weighted by Crippen LogP contribution is 2.39. The van der Waals surface area contributed by atoms with Crippen molar-refractivity contribution in [3.63, 3.8) is 0 Å². The fraction of sp³-hybridized carbons (Fsp3) is 0.368. The Kier molecular flexibility index (Phi) is 4.08. The first kappa shape index (κ1) is 15.6. The van der Waals surface area contributed by atoms with Crippen molar-refractivity contribution in [2.45, 2.75) is 46.0 Å². The Balaban J connectivity index is 2.69. The molecule has 0 saturated heterocycles. The molecule has 0 aliphatic carbocycles.